The van der Waals surface area contributed by atoms with Gasteiger partial charge in [-0.1, -0.05) is 41.7 Å². The first kappa shape index (κ1) is 16.8. The Morgan fingerprint density at radius 2 is 2.09 bits per heavy atom. The molecule has 1 fully saturated rings. The van der Waals surface area contributed by atoms with Crippen molar-refractivity contribution in [3.05, 3.63) is 41.0 Å². The highest BCUT2D eigenvalue weighted by atomic mass is 35.5. The summed E-state index contributed by atoms with van der Waals surface area (Å²) in [5.41, 5.74) is -0.0905. The highest BCUT2D eigenvalue weighted by Crippen LogP contribution is 2.37. The van der Waals surface area contributed by atoms with E-state index in [0.717, 1.165) is 47.3 Å². The summed E-state index contributed by atoms with van der Waals surface area (Å²) in [7, 11) is 0. The van der Waals surface area contributed by atoms with Gasteiger partial charge in [0.2, 0.25) is 5.89 Å². The topological polar surface area (TPSA) is 51.0 Å². The highest BCUT2D eigenvalue weighted by Gasteiger charge is 2.39. The number of aromatic nitrogens is 2. The molecular formula is C17H22ClN3OS. The third-order valence-corrected chi connectivity index (χ3v) is 5.89. The van der Waals surface area contributed by atoms with Crippen LogP contribution in [-0.4, -0.2) is 22.4 Å². The average molecular weight is 352 g/mol. The predicted molar refractivity (Wildman–Crippen MR) is 94.0 cm³/mol. The molecule has 124 valence electrons. The predicted octanol–water partition coefficient (Wildman–Crippen LogP) is 4.57. The van der Waals surface area contributed by atoms with Crippen molar-refractivity contribution in [1.29, 1.82) is 0 Å². The van der Waals surface area contributed by atoms with Gasteiger partial charge in [0.1, 0.15) is 0 Å². The molecule has 0 radical (unpaired) electrons. The molecule has 4 nitrogen and oxygen atoms in total. The minimum absolute atomic E-state index is 0.0905. The van der Waals surface area contributed by atoms with Gasteiger partial charge in [0.15, 0.2) is 5.82 Å². The zero-order valence-electron chi connectivity index (χ0n) is 13.3. The van der Waals surface area contributed by atoms with Crippen LogP contribution in [0.25, 0.3) is 0 Å². The molecule has 23 heavy (non-hydrogen) atoms. The number of hydrogen-bond donors (Lipinski definition) is 1. The Morgan fingerprint density at radius 1 is 1.30 bits per heavy atom. The molecule has 6 heteroatoms. The lowest BCUT2D eigenvalue weighted by Crippen LogP contribution is -2.41. The van der Waals surface area contributed by atoms with E-state index in [4.69, 9.17) is 16.1 Å². The van der Waals surface area contributed by atoms with Crippen molar-refractivity contribution < 1.29 is 4.52 Å². The Balaban J connectivity index is 1.50. The molecule has 0 aliphatic heterocycles. The van der Waals surface area contributed by atoms with Gasteiger partial charge < -0.3 is 9.84 Å². The van der Waals surface area contributed by atoms with Gasteiger partial charge in [0, 0.05) is 11.8 Å². The van der Waals surface area contributed by atoms with Crippen LogP contribution in [0, 0.1) is 6.92 Å². The maximum Gasteiger partial charge on any atom is 0.223 e. The van der Waals surface area contributed by atoms with E-state index in [9.17, 15) is 0 Å². The molecule has 0 spiro atoms. The molecule has 1 N–H and O–H groups in total. The zero-order chi connectivity index (χ0) is 16.1. The molecule has 0 atom stereocenters. The van der Waals surface area contributed by atoms with Crippen LogP contribution < -0.4 is 5.32 Å². The molecule has 0 unspecified atom stereocenters. The van der Waals surface area contributed by atoms with Gasteiger partial charge in [-0.25, -0.2) is 0 Å². The van der Waals surface area contributed by atoms with E-state index in [1.165, 1.54) is 12.8 Å². The van der Waals surface area contributed by atoms with Crippen molar-refractivity contribution in [2.24, 2.45) is 0 Å². The van der Waals surface area contributed by atoms with E-state index >= 15 is 0 Å². The lowest BCUT2D eigenvalue weighted by Gasteiger charge is -2.26. The maximum absolute atomic E-state index is 6.18. The third kappa shape index (κ3) is 4.08. The minimum atomic E-state index is -0.0905. The van der Waals surface area contributed by atoms with Crippen LogP contribution in [0.1, 0.15) is 43.8 Å². The smallest absolute Gasteiger partial charge is 0.223 e. The lowest BCUT2D eigenvalue weighted by molar-refractivity contribution is 0.301. The first-order valence-corrected chi connectivity index (χ1v) is 9.49. The van der Waals surface area contributed by atoms with Gasteiger partial charge >= 0.3 is 0 Å². The van der Waals surface area contributed by atoms with Crippen molar-refractivity contribution in [2.75, 3.05) is 12.3 Å². The number of rotatable bonds is 7. The first-order chi connectivity index (χ1) is 11.2. The number of benzene rings is 1. The second-order valence-corrected chi connectivity index (χ2v) is 7.53. The number of halogens is 1. The largest absolute Gasteiger partial charge is 0.340 e. The molecule has 2 aromatic rings. The second-order valence-electron chi connectivity index (χ2n) is 5.99. The minimum Gasteiger partial charge on any atom is -0.340 e. The maximum atomic E-state index is 6.18. The van der Waals surface area contributed by atoms with Gasteiger partial charge in [0.25, 0.3) is 0 Å². The molecule has 0 amide bonds. The molecule has 1 aromatic carbocycles. The Kier molecular flexibility index (Phi) is 5.62. The molecule has 0 saturated heterocycles. The number of hydrogen-bond acceptors (Lipinski definition) is 5. The number of nitrogens with zero attached hydrogens (tertiary/aromatic N) is 2. The normalized spacial score (nSPS) is 16.8. The highest BCUT2D eigenvalue weighted by molar-refractivity contribution is 7.99. The number of thioether (sulfide) groups is 1. The monoisotopic (exact) mass is 351 g/mol. The van der Waals surface area contributed by atoms with Gasteiger partial charge in [-0.15, -0.1) is 11.8 Å². The third-order valence-electron chi connectivity index (χ3n) is 4.29. The fourth-order valence-corrected chi connectivity index (χ4v) is 4.28. The Bertz CT molecular complexity index is 640. The first-order valence-electron chi connectivity index (χ1n) is 8.13. The van der Waals surface area contributed by atoms with Gasteiger partial charge in [0.05, 0.1) is 10.6 Å². The Morgan fingerprint density at radius 3 is 2.78 bits per heavy atom. The van der Waals surface area contributed by atoms with Crippen LogP contribution in [-0.2, 0) is 5.54 Å². The second kappa shape index (κ2) is 7.69. The van der Waals surface area contributed by atoms with Crippen molar-refractivity contribution in [3.8, 4) is 0 Å². The van der Waals surface area contributed by atoms with E-state index in [1.807, 2.05) is 25.1 Å². The SMILES string of the molecule is Cc1nc(C2(NCCCSc3ccccc3Cl)CCCC2)no1. The Hall–Kier alpha value is -1.04. The summed E-state index contributed by atoms with van der Waals surface area (Å²) < 4.78 is 5.18. The molecule has 1 aliphatic carbocycles. The van der Waals surface area contributed by atoms with Crippen LogP contribution in [0.3, 0.4) is 0 Å². The van der Waals surface area contributed by atoms with Crippen LogP contribution in [0.2, 0.25) is 5.02 Å². The quantitative estimate of drug-likeness (QED) is 0.584. The summed E-state index contributed by atoms with van der Waals surface area (Å²) in [5, 5.41) is 8.68. The van der Waals surface area contributed by atoms with Crippen molar-refractivity contribution in [1.82, 2.24) is 15.5 Å². The fourth-order valence-electron chi connectivity index (χ4n) is 3.10. The van der Waals surface area contributed by atoms with E-state index in [2.05, 4.69) is 21.5 Å². The van der Waals surface area contributed by atoms with Crippen LogP contribution >= 0.6 is 23.4 Å². The van der Waals surface area contributed by atoms with Crippen molar-refractivity contribution in [3.63, 3.8) is 0 Å². The molecule has 0 bridgehead atoms. The molecule has 1 aliphatic rings. The standard InChI is InChI=1S/C17H22ClN3OS/c1-13-20-16(21-22-13)17(9-4-5-10-17)19-11-6-12-23-15-8-3-2-7-14(15)18/h2-3,7-8,19H,4-6,9-12H2,1H3. The summed E-state index contributed by atoms with van der Waals surface area (Å²) in [6, 6.07) is 8.00. The zero-order valence-corrected chi connectivity index (χ0v) is 14.9. The van der Waals surface area contributed by atoms with Crippen molar-refractivity contribution >= 4 is 23.4 Å². The van der Waals surface area contributed by atoms with E-state index in [0.29, 0.717) is 5.89 Å². The van der Waals surface area contributed by atoms with Gasteiger partial charge in [-0.05, 0) is 43.7 Å². The molecular weight excluding hydrogens is 330 g/mol. The summed E-state index contributed by atoms with van der Waals surface area (Å²) >= 11 is 7.99. The number of aryl methyl sites for hydroxylation is 1. The summed E-state index contributed by atoms with van der Waals surface area (Å²) in [6.45, 7) is 2.80. The molecule has 3 rings (SSSR count). The van der Waals surface area contributed by atoms with E-state index in [-0.39, 0.29) is 5.54 Å². The van der Waals surface area contributed by atoms with Crippen LogP contribution in [0.5, 0.6) is 0 Å². The Labute approximate surface area is 146 Å². The lowest BCUT2D eigenvalue weighted by atomic mass is 9.96. The van der Waals surface area contributed by atoms with Gasteiger partial charge in [-0.3, -0.25) is 0 Å². The van der Waals surface area contributed by atoms with E-state index < -0.39 is 0 Å². The average Bonchev–Trinajstić information content (AvgIpc) is 3.19. The van der Waals surface area contributed by atoms with Gasteiger partial charge in [-0.2, -0.15) is 4.98 Å². The molecule has 1 saturated carbocycles. The van der Waals surface area contributed by atoms with Crippen molar-refractivity contribution in [2.45, 2.75) is 49.5 Å². The number of nitrogens with one attached hydrogen (secondary N) is 1. The summed E-state index contributed by atoms with van der Waals surface area (Å²) in [4.78, 5) is 5.61. The van der Waals surface area contributed by atoms with E-state index in [1.54, 1.807) is 11.8 Å². The van der Waals surface area contributed by atoms with Crippen LogP contribution in [0.15, 0.2) is 33.7 Å². The molecule has 1 heterocycles. The molecule has 1 aromatic heterocycles. The van der Waals surface area contributed by atoms with Crippen LogP contribution in [0.4, 0.5) is 0 Å². The fraction of sp³-hybridized carbons (Fsp3) is 0.529. The summed E-state index contributed by atoms with van der Waals surface area (Å²) in [5.74, 6) is 2.51. The summed E-state index contributed by atoms with van der Waals surface area (Å²) in [6.07, 6.45) is 5.69.